The minimum absolute atomic E-state index is 0.242. The van der Waals surface area contributed by atoms with Crippen molar-refractivity contribution in [2.45, 2.75) is 26.2 Å². The number of hydrogen-bond acceptors (Lipinski definition) is 2. The van der Waals surface area contributed by atoms with Gasteiger partial charge in [0.05, 0.1) is 5.69 Å². The molecule has 0 amide bonds. The first kappa shape index (κ1) is 10.6. The lowest BCUT2D eigenvalue weighted by molar-refractivity contribution is 0.311. The van der Waals surface area contributed by atoms with E-state index in [4.69, 9.17) is 11.6 Å². The number of aromatic nitrogens is 2. The Morgan fingerprint density at radius 1 is 1.62 bits per heavy atom. The number of rotatable bonds is 4. The fraction of sp³-hybridized carbons (Fsp3) is 0.583. The maximum atomic E-state index is 6.13. The highest BCUT2D eigenvalue weighted by Gasteiger charge is 2.41. The molecule has 2 heterocycles. The van der Waals surface area contributed by atoms with Crippen molar-refractivity contribution in [3.63, 3.8) is 0 Å². The van der Waals surface area contributed by atoms with Crippen LogP contribution < -0.4 is 0 Å². The SMILES string of the molecule is CC(CCl)(Cc1cn2ccsc2n1)C1CC1. The first-order chi connectivity index (χ1) is 7.71. The highest BCUT2D eigenvalue weighted by molar-refractivity contribution is 7.15. The number of imidazole rings is 1. The summed E-state index contributed by atoms with van der Waals surface area (Å²) in [5.74, 6) is 1.55. The summed E-state index contributed by atoms with van der Waals surface area (Å²) in [4.78, 5) is 5.72. The van der Waals surface area contributed by atoms with Crippen molar-refractivity contribution < 1.29 is 0 Å². The van der Waals surface area contributed by atoms with Crippen molar-refractivity contribution in [1.82, 2.24) is 9.38 Å². The van der Waals surface area contributed by atoms with Gasteiger partial charge in [-0.2, -0.15) is 0 Å². The van der Waals surface area contributed by atoms with Gasteiger partial charge in [0.2, 0.25) is 0 Å². The monoisotopic (exact) mass is 254 g/mol. The van der Waals surface area contributed by atoms with Crippen LogP contribution in [0.15, 0.2) is 17.8 Å². The van der Waals surface area contributed by atoms with E-state index in [0.29, 0.717) is 0 Å². The van der Waals surface area contributed by atoms with Gasteiger partial charge in [0.1, 0.15) is 0 Å². The molecule has 0 N–H and O–H groups in total. The van der Waals surface area contributed by atoms with E-state index in [-0.39, 0.29) is 5.41 Å². The summed E-state index contributed by atoms with van der Waals surface area (Å²) in [6.07, 6.45) is 7.89. The molecule has 2 aromatic rings. The molecule has 0 aromatic carbocycles. The van der Waals surface area contributed by atoms with Gasteiger partial charge in [-0.3, -0.25) is 4.40 Å². The van der Waals surface area contributed by atoms with Crippen molar-refractivity contribution in [2.24, 2.45) is 11.3 Å². The molecule has 2 aromatic heterocycles. The number of fused-ring (bicyclic) bond motifs is 1. The zero-order chi connectivity index (χ0) is 11.2. The van der Waals surface area contributed by atoms with E-state index in [2.05, 4.69) is 34.1 Å². The summed E-state index contributed by atoms with van der Waals surface area (Å²) in [7, 11) is 0. The third-order valence-electron chi connectivity index (χ3n) is 3.60. The molecule has 1 atom stereocenters. The van der Waals surface area contributed by atoms with Crippen LogP contribution in [0.2, 0.25) is 0 Å². The summed E-state index contributed by atoms with van der Waals surface area (Å²) in [5.41, 5.74) is 1.42. The average molecular weight is 255 g/mol. The Morgan fingerprint density at radius 3 is 3.06 bits per heavy atom. The number of hydrogen-bond donors (Lipinski definition) is 0. The van der Waals surface area contributed by atoms with Crippen LogP contribution in [0.5, 0.6) is 0 Å². The quantitative estimate of drug-likeness (QED) is 0.763. The van der Waals surface area contributed by atoms with Crippen molar-refractivity contribution in [3.8, 4) is 0 Å². The van der Waals surface area contributed by atoms with Crippen LogP contribution in [0.1, 0.15) is 25.5 Å². The van der Waals surface area contributed by atoms with E-state index in [0.717, 1.165) is 23.2 Å². The maximum absolute atomic E-state index is 6.13. The summed E-state index contributed by atoms with van der Waals surface area (Å²) in [6.45, 7) is 2.30. The molecule has 0 aliphatic heterocycles. The first-order valence-corrected chi connectivity index (χ1v) is 7.10. The second-order valence-electron chi connectivity index (χ2n) is 5.06. The van der Waals surface area contributed by atoms with Crippen LogP contribution >= 0.6 is 22.9 Å². The van der Waals surface area contributed by atoms with Crippen molar-refractivity contribution in [1.29, 1.82) is 0 Å². The van der Waals surface area contributed by atoms with Crippen LogP contribution in [0.3, 0.4) is 0 Å². The summed E-state index contributed by atoms with van der Waals surface area (Å²) in [6, 6.07) is 0. The predicted molar refractivity (Wildman–Crippen MR) is 68.3 cm³/mol. The molecule has 1 fully saturated rings. The molecule has 3 rings (SSSR count). The predicted octanol–water partition coefficient (Wildman–Crippen LogP) is 3.59. The molecule has 4 heteroatoms. The second-order valence-corrected chi connectivity index (χ2v) is 6.20. The largest absolute Gasteiger partial charge is 0.297 e. The number of nitrogens with zero attached hydrogens (tertiary/aromatic N) is 2. The lowest BCUT2D eigenvalue weighted by Crippen LogP contribution is -2.24. The van der Waals surface area contributed by atoms with Crippen molar-refractivity contribution >= 4 is 27.9 Å². The van der Waals surface area contributed by atoms with Crippen molar-refractivity contribution in [3.05, 3.63) is 23.5 Å². The van der Waals surface area contributed by atoms with E-state index < -0.39 is 0 Å². The second kappa shape index (κ2) is 3.74. The van der Waals surface area contributed by atoms with E-state index in [1.165, 1.54) is 18.5 Å². The Kier molecular flexibility index (Phi) is 2.48. The lowest BCUT2D eigenvalue weighted by atomic mass is 9.82. The summed E-state index contributed by atoms with van der Waals surface area (Å²) >= 11 is 7.82. The van der Waals surface area contributed by atoms with Gasteiger partial charge in [-0.05, 0) is 30.6 Å². The Labute approximate surface area is 104 Å². The van der Waals surface area contributed by atoms with Gasteiger partial charge < -0.3 is 0 Å². The molecule has 1 saturated carbocycles. The van der Waals surface area contributed by atoms with E-state index >= 15 is 0 Å². The molecule has 2 nitrogen and oxygen atoms in total. The van der Waals surface area contributed by atoms with Crippen molar-refractivity contribution in [2.75, 3.05) is 5.88 Å². The number of alkyl halides is 1. The van der Waals surface area contributed by atoms with E-state index in [1.54, 1.807) is 11.3 Å². The van der Waals surface area contributed by atoms with Crippen LogP contribution in [-0.2, 0) is 6.42 Å². The fourth-order valence-electron chi connectivity index (χ4n) is 2.36. The molecule has 0 spiro atoms. The zero-order valence-electron chi connectivity index (χ0n) is 9.32. The van der Waals surface area contributed by atoms with Crippen LogP contribution in [-0.4, -0.2) is 15.3 Å². The molecular formula is C12H15ClN2S. The minimum atomic E-state index is 0.242. The van der Waals surface area contributed by atoms with Gasteiger partial charge in [-0.1, -0.05) is 6.92 Å². The molecule has 0 bridgehead atoms. The highest BCUT2D eigenvalue weighted by atomic mass is 35.5. The normalized spacial score (nSPS) is 20.1. The van der Waals surface area contributed by atoms with Gasteiger partial charge in [0.25, 0.3) is 0 Å². The third kappa shape index (κ3) is 1.76. The number of thiazole rings is 1. The highest BCUT2D eigenvalue weighted by Crippen LogP contribution is 2.47. The minimum Gasteiger partial charge on any atom is -0.297 e. The summed E-state index contributed by atoms with van der Waals surface area (Å²) in [5, 5.41) is 2.06. The van der Waals surface area contributed by atoms with E-state index in [1.807, 2.05) is 0 Å². The Balaban J connectivity index is 1.85. The number of halogens is 1. The fourth-order valence-corrected chi connectivity index (χ4v) is 3.39. The molecule has 0 radical (unpaired) electrons. The van der Waals surface area contributed by atoms with E-state index in [9.17, 15) is 0 Å². The van der Waals surface area contributed by atoms with Gasteiger partial charge in [0.15, 0.2) is 4.96 Å². The molecule has 0 saturated heterocycles. The molecule has 1 aliphatic rings. The molecule has 86 valence electrons. The Bertz CT molecular complexity index is 471. The molecule has 1 unspecified atom stereocenters. The smallest absolute Gasteiger partial charge is 0.193 e. The van der Waals surface area contributed by atoms with Gasteiger partial charge >= 0.3 is 0 Å². The van der Waals surface area contributed by atoms with Crippen LogP contribution in [0, 0.1) is 11.3 Å². The van der Waals surface area contributed by atoms with Crippen LogP contribution in [0.4, 0.5) is 0 Å². The average Bonchev–Trinajstić information content (AvgIpc) is 2.93. The zero-order valence-corrected chi connectivity index (χ0v) is 10.9. The maximum Gasteiger partial charge on any atom is 0.193 e. The Hall–Kier alpha value is -0.540. The first-order valence-electron chi connectivity index (χ1n) is 5.68. The van der Waals surface area contributed by atoms with Gasteiger partial charge in [-0.15, -0.1) is 22.9 Å². The molecule has 1 aliphatic carbocycles. The van der Waals surface area contributed by atoms with Gasteiger partial charge in [-0.25, -0.2) is 4.98 Å². The van der Waals surface area contributed by atoms with Gasteiger partial charge in [0, 0.05) is 23.7 Å². The van der Waals surface area contributed by atoms with Crippen LogP contribution in [0.25, 0.3) is 4.96 Å². The topological polar surface area (TPSA) is 17.3 Å². The lowest BCUT2D eigenvalue weighted by Gasteiger charge is -2.25. The molecule has 16 heavy (non-hydrogen) atoms. The Morgan fingerprint density at radius 2 is 2.44 bits per heavy atom. The summed E-state index contributed by atoms with van der Waals surface area (Å²) < 4.78 is 2.10. The third-order valence-corrected chi connectivity index (χ3v) is 4.98. The molecular weight excluding hydrogens is 240 g/mol. The standard InChI is InChI=1S/C12H15ClN2S/c1-12(8-13,9-2-3-9)6-10-7-15-4-5-16-11(15)14-10/h4-5,7,9H,2-3,6,8H2,1H3.